The number of nitrogens with one attached hydrogen (secondary N) is 1. The van der Waals surface area contributed by atoms with Crippen molar-refractivity contribution < 1.29 is 13.5 Å². The second kappa shape index (κ2) is 4.94. The third-order valence-electron chi connectivity index (χ3n) is 3.99. The standard InChI is InChI=1S/C14H17F2NO/c15-11-4-10(5-12(16)6-11)14-7-17-13-3-1-2-9(13)8-18-14/h4-6,9,13-14,17H,1-3,7-8H2. The minimum Gasteiger partial charge on any atom is -0.372 e. The van der Waals surface area contributed by atoms with Crippen molar-refractivity contribution in [3.63, 3.8) is 0 Å². The molecule has 3 atom stereocenters. The summed E-state index contributed by atoms with van der Waals surface area (Å²) in [6.07, 6.45) is 3.35. The number of halogens is 2. The molecular weight excluding hydrogens is 236 g/mol. The summed E-state index contributed by atoms with van der Waals surface area (Å²) in [5.74, 6) is -0.538. The lowest BCUT2D eigenvalue weighted by atomic mass is 10.1. The Labute approximate surface area is 105 Å². The van der Waals surface area contributed by atoms with Gasteiger partial charge in [-0.05, 0) is 36.5 Å². The summed E-state index contributed by atoms with van der Waals surface area (Å²) >= 11 is 0. The van der Waals surface area contributed by atoms with E-state index in [2.05, 4.69) is 5.32 Å². The minimum absolute atomic E-state index is 0.249. The highest BCUT2D eigenvalue weighted by atomic mass is 19.1. The van der Waals surface area contributed by atoms with Crippen LogP contribution in [0.1, 0.15) is 30.9 Å². The van der Waals surface area contributed by atoms with Gasteiger partial charge in [-0.15, -0.1) is 0 Å². The van der Waals surface area contributed by atoms with E-state index in [4.69, 9.17) is 4.74 Å². The van der Waals surface area contributed by atoms with Gasteiger partial charge < -0.3 is 10.1 Å². The summed E-state index contributed by atoms with van der Waals surface area (Å²) in [7, 11) is 0. The summed E-state index contributed by atoms with van der Waals surface area (Å²) in [5.41, 5.74) is 0.583. The quantitative estimate of drug-likeness (QED) is 0.831. The van der Waals surface area contributed by atoms with Crippen LogP contribution in [0.5, 0.6) is 0 Å². The molecule has 1 N–H and O–H groups in total. The molecule has 98 valence electrons. The summed E-state index contributed by atoms with van der Waals surface area (Å²) in [6.45, 7) is 1.31. The molecule has 1 aliphatic heterocycles. The van der Waals surface area contributed by atoms with Gasteiger partial charge in [-0.3, -0.25) is 0 Å². The van der Waals surface area contributed by atoms with Gasteiger partial charge in [0.2, 0.25) is 0 Å². The summed E-state index contributed by atoms with van der Waals surface area (Å²) in [4.78, 5) is 0. The fourth-order valence-corrected chi connectivity index (χ4v) is 3.04. The van der Waals surface area contributed by atoms with Gasteiger partial charge in [-0.25, -0.2) is 8.78 Å². The molecule has 2 nitrogen and oxygen atoms in total. The molecule has 0 amide bonds. The molecule has 0 aromatic heterocycles. The monoisotopic (exact) mass is 253 g/mol. The molecule has 1 aromatic rings. The predicted molar refractivity (Wildman–Crippen MR) is 64.2 cm³/mol. The molecule has 1 heterocycles. The highest BCUT2D eigenvalue weighted by molar-refractivity contribution is 5.21. The van der Waals surface area contributed by atoms with Gasteiger partial charge >= 0.3 is 0 Å². The van der Waals surface area contributed by atoms with Crippen molar-refractivity contribution in [3.05, 3.63) is 35.4 Å². The zero-order valence-electron chi connectivity index (χ0n) is 10.2. The first-order chi connectivity index (χ1) is 8.72. The average molecular weight is 253 g/mol. The maximum atomic E-state index is 13.2. The highest BCUT2D eigenvalue weighted by Crippen LogP contribution is 2.31. The smallest absolute Gasteiger partial charge is 0.126 e. The van der Waals surface area contributed by atoms with E-state index < -0.39 is 11.6 Å². The second-order valence-corrected chi connectivity index (χ2v) is 5.23. The van der Waals surface area contributed by atoms with Crippen molar-refractivity contribution in [2.24, 2.45) is 5.92 Å². The van der Waals surface area contributed by atoms with Crippen LogP contribution >= 0.6 is 0 Å². The van der Waals surface area contributed by atoms with Crippen molar-refractivity contribution >= 4 is 0 Å². The van der Waals surface area contributed by atoms with Crippen molar-refractivity contribution in [3.8, 4) is 0 Å². The third kappa shape index (κ3) is 2.40. The van der Waals surface area contributed by atoms with Gasteiger partial charge in [-0.1, -0.05) is 6.42 Å². The van der Waals surface area contributed by atoms with Gasteiger partial charge in [0.15, 0.2) is 0 Å². The molecule has 0 bridgehead atoms. The Morgan fingerprint density at radius 1 is 1.11 bits per heavy atom. The molecule has 0 spiro atoms. The van der Waals surface area contributed by atoms with Gasteiger partial charge in [-0.2, -0.15) is 0 Å². The summed E-state index contributed by atoms with van der Waals surface area (Å²) < 4.78 is 32.2. The van der Waals surface area contributed by atoms with Crippen molar-refractivity contribution in [1.29, 1.82) is 0 Å². The number of fused-ring (bicyclic) bond motifs is 1. The lowest BCUT2D eigenvalue weighted by Crippen LogP contribution is -2.32. The first kappa shape index (κ1) is 12.1. The SMILES string of the molecule is Fc1cc(F)cc(C2CNC3CCCC3CO2)c1. The van der Waals surface area contributed by atoms with Gasteiger partial charge in [0, 0.05) is 18.7 Å². The molecule has 1 aromatic carbocycles. The van der Waals surface area contributed by atoms with Crippen molar-refractivity contribution in [2.45, 2.75) is 31.4 Å². The van der Waals surface area contributed by atoms with E-state index in [-0.39, 0.29) is 6.10 Å². The number of rotatable bonds is 1. The van der Waals surface area contributed by atoms with Crippen LogP contribution in [0.15, 0.2) is 18.2 Å². The Morgan fingerprint density at radius 2 is 1.89 bits per heavy atom. The topological polar surface area (TPSA) is 21.3 Å². The molecule has 2 fully saturated rings. The molecule has 1 saturated carbocycles. The van der Waals surface area contributed by atoms with Crippen LogP contribution in [-0.2, 0) is 4.74 Å². The zero-order chi connectivity index (χ0) is 12.5. The highest BCUT2D eigenvalue weighted by Gasteiger charge is 2.31. The molecule has 0 radical (unpaired) electrons. The van der Waals surface area contributed by atoms with Crippen LogP contribution in [0.3, 0.4) is 0 Å². The van der Waals surface area contributed by atoms with Gasteiger partial charge in [0.1, 0.15) is 11.6 Å². The Kier molecular flexibility index (Phi) is 3.31. The number of hydrogen-bond acceptors (Lipinski definition) is 2. The molecule has 3 rings (SSSR count). The first-order valence-corrected chi connectivity index (χ1v) is 6.53. The molecule has 1 saturated heterocycles. The van der Waals surface area contributed by atoms with E-state index in [0.717, 1.165) is 6.07 Å². The largest absolute Gasteiger partial charge is 0.372 e. The first-order valence-electron chi connectivity index (χ1n) is 6.53. The van der Waals surface area contributed by atoms with Crippen LogP contribution in [0.25, 0.3) is 0 Å². The van der Waals surface area contributed by atoms with Crippen LogP contribution < -0.4 is 5.32 Å². The Morgan fingerprint density at radius 3 is 2.67 bits per heavy atom. The molecule has 2 aliphatic rings. The van der Waals surface area contributed by atoms with E-state index in [1.807, 2.05) is 0 Å². The zero-order valence-corrected chi connectivity index (χ0v) is 10.2. The van der Waals surface area contributed by atoms with Crippen LogP contribution in [0.4, 0.5) is 8.78 Å². The van der Waals surface area contributed by atoms with Crippen LogP contribution in [0.2, 0.25) is 0 Å². The molecule has 18 heavy (non-hydrogen) atoms. The summed E-state index contributed by atoms with van der Waals surface area (Å²) in [5, 5.41) is 3.46. The normalized spacial score (nSPS) is 32.0. The van der Waals surface area contributed by atoms with E-state index >= 15 is 0 Å². The van der Waals surface area contributed by atoms with Crippen LogP contribution in [0, 0.1) is 17.6 Å². The number of ether oxygens (including phenoxy) is 1. The van der Waals surface area contributed by atoms with Crippen LogP contribution in [-0.4, -0.2) is 19.2 Å². The Balaban J connectivity index is 1.76. The second-order valence-electron chi connectivity index (χ2n) is 5.23. The maximum absolute atomic E-state index is 13.2. The Bertz CT molecular complexity index is 404. The summed E-state index contributed by atoms with van der Waals surface area (Å²) in [6, 6.07) is 4.11. The van der Waals surface area contributed by atoms with Gasteiger partial charge in [0.05, 0.1) is 12.7 Å². The van der Waals surface area contributed by atoms with Gasteiger partial charge in [0.25, 0.3) is 0 Å². The lowest BCUT2D eigenvalue weighted by molar-refractivity contribution is 0.0470. The Hall–Kier alpha value is -1.00. The van der Waals surface area contributed by atoms with Crippen molar-refractivity contribution in [1.82, 2.24) is 5.32 Å². The predicted octanol–water partition coefficient (Wildman–Crippen LogP) is 2.79. The third-order valence-corrected chi connectivity index (χ3v) is 3.99. The number of hydrogen-bond donors (Lipinski definition) is 1. The van der Waals surface area contributed by atoms with Crippen molar-refractivity contribution in [2.75, 3.05) is 13.2 Å². The lowest BCUT2D eigenvalue weighted by Gasteiger charge is -2.16. The molecule has 3 unspecified atom stereocenters. The fraction of sp³-hybridized carbons (Fsp3) is 0.571. The maximum Gasteiger partial charge on any atom is 0.126 e. The van der Waals surface area contributed by atoms with E-state index in [9.17, 15) is 8.78 Å². The van der Waals surface area contributed by atoms with E-state index in [1.165, 1.54) is 31.4 Å². The molecule has 1 aliphatic carbocycles. The fourth-order valence-electron chi connectivity index (χ4n) is 3.04. The molecule has 4 heteroatoms. The number of benzene rings is 1. The molecular formula is C14H17F2NO. The minimum atomic E-state index is -0.543. The van der Waals surface area contributed by atoms with E-state index in [0.29, 0.717) is 30.7 Å². The average Bonchev–Trinajstić information content (AvgIpc) is 2.67. The van der Waals surface area contributed by atoms with E-state index in [1.54, 1.807) is 0 Å².